The summed E-state index contributed by atoms with van der Waals surface area (Å²) in [4.78, 5) is 17.2. The van der Waals surface area contributed by atoms with Gasteiger partial charge in [-0.3, -0.25) is 9.78 Å². The van der Waals surface area contributed by atoms with E-state index in [-0.39, 0.29) is 11.8 Å². The van der Waals surface area contributed by atoms with Crippen molar-refractivity contribution in [3.8, 4) is 5.75 Å². The summed E-state index contributed by atoms with van der Waals surface area (Å²) < 4.78 is 7.56. The first-order valence-corrected chi connectivity index (χ1v) is 12.6. The molecular weight excluding hydrogens is 482 g/mol. The van der Waals surface area contributed by atoms with Gasteiger partial charge in [0.2, 0.25) is 5.91 Å². The molecule has 186 valence electrons. The van der Waals surface area contributed by atoms with Crippen molar-refractivity contribution in [2.75, 3.05) is 7.11 Å². The minimum Gasteiger partial charge on any atom is -0.497 e. The van der Waals surface area contributed by atoms with E-state index in [1.165, 1.54) is 5.56 Å². The van der Waals surface area contributed by atoms with Crippen molar-refractivity contribution >= 4 is 28.4 Å². The van der Waals surface area contributed by atoms with Gasteiger partial charge in [-0.1, -0.05) is 54.1 Å². The summed E-state index contributed by atoms with van der Waals surface area (Å²) in [5.41, 5.74) is 5.42. The summed E-state index contributed by atoms with van der Waals surface area (Å²) >= 11 is 6.39. The van der Waals surface area contributed by atoms with Crippen molar-refractivity contribution in [1.29, 1.82) is 0 Å². The van der Waals surface area contributed by atoms with Crippen molar-refractivity contribution in [3.05, 3.63) is 131 Å². The maximum Gasteiger partial charge on any atom is 0.221 e. The Labute approximate surface area is 221 Å². The number of para-hydroxylation sites is 1. The van der Waals surface area contributed by atoms with Crippen LogP contribution in [0.2, 0.25) is 5.02 Å². The van der Waals surface area contributed by atoms with Crippen molar-refractivity contribution in [2.24, 2.45) is 0 Å². The molecule has 0 spiro atoms. The fourth-order valence-corrected chi connectivity index (χ4v) is 4.90. The molecule has 5 aromatic rings. The molecular formula is C31H28ClN3O2. The van der Waals surface area contributed by atoms with E-state index in [4.69, 9.17) is 16.3 Å². The molecule has 2 heterocycles. The number of hydrogen-bond donors (Lipinski definition) is 1. The lowest BCUT2D eigenvalue weighted by Gasteiger charge is -2.18. The first-order chi connectivity index (χ1) is 18.1. The average molecular weight is 510 g/mol. The summed E-state index contributed by atoms with van der Waals surface area (Å²) in [6, 6.07) is 28.1. The first kappa shape index (κ1) is 24.6. The molecule has 37 heavy (non-hydrogen) atoms. The number of hydrogen-bond acceptors (Lipinski definition) is 3. The van der Waals surface area contributed by atoms with Crippen LogP contribution in [0.15, 0.2) is 104 Å². The topological polar surface area (TPSA) is 56.1 Å². The second-order valence-electron chi connectivity index (χ2n) is 9.02. The van der Waals surface area contributed by atoms with Gasteiger partial charge >= 0.3 is 0 Å². The molecule has 6 heteroatoms. The van der Waals surface area contributed by atoms with Crippen LogP contribution in [0.25, 0.3) is 10.9 Å². The van der Waals surface area contributed by atoms with Crippen molar-refractivity contribution < 1.29 is 9.53 Å². The number of fused-ring (bicyclic) bond motifs is 1. The molecule has 1 N–H and O–H groups in total. The van der Waals surface area contributed by atoms with E-state index in [0.29, 0.717) is 24.5 Å². The quantitative estimate of drug-likeness (QED) is 0.244. The lowest BCUT2D eigenvalue weighted by molar-refractivity contribution is -0.121. The number of benzene rings is 3. The van der Waals surface area contributed by atoms with Gasteiger partial charge in [0.15, 0.2) is 0 Å². The van der Waals surface area contributed by atoms with Gasteiger partial charge in [-0.15, -0.1) is 0 Å². The molecule has 0 aliphatic rings. The van der Waals surface area contributed by atoms with Gasteiger partial charge in [0.1, 0.15) is 5.75 Å². The van der Waals surface area contributed by atoms with E-state index in [9.17, 15) is 4.79 Å². The number of aromatic nitrogens is 2. The number of rotatable bonds is 9. The Morgan fingerprint density at radius 1 is 0.973 bits per heavy atom. The molecule has 2 aromatic heterocycles. The van der Waals surface area contributed by atoms with Crippen molar-refractivity contribution in [1.82, 2.24) is 14.9 Å². The molecule has 0 aliphatic heterocycles. The van der Waals surface area contributed by atoms with Gasteiger partial charge < -0.3 is 14.6 Å². The second-order valence-corrected chi connectivity index (χ2v) is 9.46. The first-order valence-electron chi connectivity index (χ1n) is 12.2. The Kier molecular flexibility index (Phi) is 7.52. The van der Waals surface area contributed by atoms with Gasteiger partial charge in [0, 0.05) is 59.9 Å². The highest BCUT2D eigenvalue weighted by molar-refractivity contribution is 6.30. The summed E-state index contributed by atoms with van der Waals surface area (Å²) in [5.74, 6) is 0.660. The maximum absolute atomic E-state index is 13.2. The van der Waals surface area contributed by atoms with Crippen LogP contribution >= 0.6 is 11.6 Å². The average Bonchev–Trinajstić information content (AvgIpc) is 3.29. The molecule has 1 amide bonds. The Balaban J connectivity index is 1.48. The highest BCUT2D eigenvalue weighted by Crippen LogP contribution is 2.36. The summed E-state index contributed by atoms with van der Waals surface area (Å²) in [6.07, 6.45) is 5.94. The van der Waals surface area contributed by atoms with Crippen LogP contribution in [0.4, 0.5) is 0 Å². The molecule has 0 saturated carbocycles. The van der Waals surface area contributed by atoms with Crippen LogP contribution in [-0.2, 0) is 17.9 Å². The number of carbonyl (C=O) groups excluding carboxylic acids is 1. The Morgan fingerprint density at radius 2 is 1.76 bits per heavy atom. The molecule has 0 aliphatic carbocycles. The molecule has 3 aromatic carbocycles. The van der Waals surface area contributed by atoms with Crippen LogP contribution in [0.3, 0.4) is 0 Å². The predicted molar refractivity (Wildman–Crippen MR) is 148 cm³/mol. The minimum atomic E-state index is -0.154. The van der Waals surface area contributed by atoms with E-state index in [1.54, 1.807) is 19.5 Å². The standard InChI is InChI=1S/C31H28ClN3O2/c1-37-26-11-9-23(10-12-26)20-35-21-29(27-7-2-3-8-30(27)35)28(24-5-4-6-25(32)17-24)18-31(36)34-19-22-13-15-33-16-14-22/h2-17,21,28H,18-20H2,1H3,(H,34,36)/t28-/m0/s1. The number of nitrogens with zero attached hydrogens (tertiary/aromatic N) is 2. The number of methoxy groups -OCH3 is 1. The van der Waals surface area contributed by atoms with Gasteiger partial charge in [0.25, 0.3) is 0 Å². The molecule has 1 atom stereocenters. The predicted octanol–water partition coefficient (Wildman–Crippen LogP) is 6.59. The zero-order valence-electron chi connectivity index (χ0n) is 20.6. The smallest absolute Gasteiger partial charge is 0.221 e. The number of amides is 1. The normalized spacial score (nSPS) is 11.8. The third-order valence-corrected chi connectivity index (χ3v) is 6.82. The number of halogens is 1. The molecule has 0 fully saturated rings. The summed E-state index contributed by atoms with van der Waals surface area (Å²) in [5, 5.41) is 4.85. The third-order valence-electron chi connectivity index (χ3n) is 6.59. The van der Waals surface area contributed by atoms with Crippen LogP contribution in [0, 0.1) is 0 Å². The summed E-state index contributed by atoms with van der Waals surface area (Å²) in [7, 11) is 1.67. The SMILES string of the molecule is COc1ccc(Cn2cc([C@@H](CC(=O)NCc3ccncc3)c3cccc(Cl)c3)c3ccccc32)cc1. The number of carbonyl (C=O) groups is 1. The molecule has 0 bridgehead atoms. The minimum absolute atomic E-state index is 0.0197. The monoisotopic (exact) mass is 509 g/mol. The number of pyridine rings is 1. The van der Waals surface area contributed by atoms with Gasteiger partial charge in [-0.2, -0.15) is 0 Å². The van der Waals surface area contributed by atoms with Crippen LogP contribution in [0.5, 0.6) is 5.75 Å². The van der Waals surface area contributed by atoms with Crippen molar-refractivity contribution in [3.63, 3.8) is 0 Å². The highest BCUT2D eigenvalue weighted by atomic mass is 35.5. The van der Waals surface area contributed by atoms with Crippen LogP contribution in [0.1, 0.15) is 34.6 Å². The number of nitrogens with one attached hydrogen (secondary N) is 1. The third kappa shape index (κ3) is 5.84. The van der Waals surface area contributed by atoms with Crippen molar-refractivity contribution in [2.45, 2.75) is 25.4 Å². The number of ether oxygens (including phenoxy) is 1. The molecule has 5 rings (SSSR count). The Morgan fingerprint density at radius 3 is 2.51 bits per heavy atom. The lowest BCUT2D eigenvalue weighted by atomic mass is 9.88. The molecule has 0 radical (unpaired) electrons. The summed E-state index contributed by atoms with van der Waals surface area (Å²) in [6.45, 7) is 1.17. The Bertz CT molecular complexity index is 1500. The molecule has 0 unspecified atom stereocenters. The van der Waals surface area contributed by atoms with E-state index in [2.05, 4.69) is 45.3 Å². The van der Waals surface area contributed by atoms with E-state index in [0.717, 1.165) is 33.3 Å². The maximum atomic E-state index is 13.2. The van der Waals surface area contributed by atoms with E-state index >= 15 is 0 Å². The zero-order valence-corrected chi connectivity index (χ0v) is 21.4. The highest BCUT2D eigenvalue weighted by Gasteiger charge is 2.23. The van der Waals surface area contributed by atoms with Crippen LogP contribution in [-0.4, -0.2) is 22.6 Å². The zero-order chi connectivity index (χ0) is 25.6. The van der Waals surface area contributed by atoms with Gasteiger partial charge in [-0.05, 0) is 64.7 Å². The van der Waals surface area contributed by atoms with Gasteiger partial charge in [0.05, 0.1) is 7.11 Å². The molecule has 5 nitrogen and oxygen atoms in total. The van der Waals surface area contributed by atoms with Crippen LogP contribution < -0.4 is 10.1 Å². The largest absolute Gasteiger partial charge is 0.497 e. The van der Waals surface area contributed by atoms with E-state index in [1.807, 2.05) is 60.7 Å². The van der Waals surface area contributed by atoms with E-state index < -0.39 is 0 Å². The molecule has 0 saturated heterocycles. The second kappa shape index (κ2) is 11.3. The van der Waals surface area contributed by atoms with Gasteiger partial charge in [-0.25, -0.2) is 0 Å². The fraction of sp³-hybridized carbons (Fsp3) is 0.161. The lowest BCUT2D eigenvalue weighted by Crippen LogP contribution is -2.25. The Hall–Kier alpha value is -4.09. The fourth-order valence-electron chi connectivity index (χ4n) is 4.70.